The summed E-state index contributed by atoms with van der Waals surface area (Å²) in [4.78, 5) is 12.5. The number of nitrogens with one attached hydrogen (secondary N) is 1. The Balaban J connectivity index is 1.99. The van der Waals surface area contributed by atoms with Crippen molar-refractivity contribution in [1.29, 1.82) is 5.26 Å². The number of thiophene rings is 1. The zero-order valence-corrected chi connectivity index (χ0v) is 12.3. The van der Waals surface area contributed by atoms with E-state index in [-0.39, 0.29) is 12.1 Å². The SMILES string of the molecule is CC(C)(C)OC(=O)NC1CCc2csc(C#N)c2C1. The molecule has 1 aliphatic rings. The average molecular weight is 278 g/mol. The molecule has 1 atom stereocenters. The normalized spacial score (nSPS) is 18.3. The molecule has 1 heterocycles. The van der Waals surface area contributed by atoms with E-state index in [1.807, 2.05) is 20.8 Å². The molecule has 1 unspecified atom stereocenters. The van der Waals surface area contributed by atoms with Crippen LogP contribution >= 0.6 is 11.3 Å². The van der Waals surface area contributed by atoms with Gasteiger partial charge in [-0.1, -0.05) is 0 Å². The quantitative estimate of drug-likeness (QED) is 0.859. The summed E-state index contributed by atoms with van der Waals surface area (Å²) in [5.41, 5.74) is 1.87. The molecule has 0 radical (unpaired) electrons. The molecule has 0 saturated heterocycles. The number of hydrogen-bond acceptors (Lipinski definition) is 4. The molecular formula is C14H18N2O2S. The molecule has 1 amide bonds. The Labute approximate surface area is 117 Å². The fraction of sp³-hybridized carbons (Fsp3) is 0.571. The number of nitriles is 1. The number of aryl methyl sites for hydroxylation is 1. The highest BCUT2D eigenvalue weighted by atomic mass is 32.1. The summed E-state index contributed by atoms with van der Waals surface area (Å²) in [7, 11) is 0. The minimum atomic E-state index is -0.482. The van der Waals surface area contributed by atoms with Crippen LogP contribution in [0.2, 0.25) is 0 Å². The number of carbonyl (C=O) groups excluding carboxylic acids is 1. The second-order valence-corrected chi connectivity index (χ2v) is 6.65. The van der Waals surface area contributed by atoms with Crippen LogP contribution in [0.5, 0.6) is 0 Å². The van der Waals surface area contributed by atoms with Gasteiger partial charge in [0, 0.05) is 6.04 Å². The Morgan fingerprint density at radius 3 is 2.95 bits per heavy atom. The van der Waals surface area contributed by atoms with Gasteiger partial charge in [0.05, 0.1) is 0 Å². The van der Waals surface area contributed by atoms with Crippen molar-refractivity contribution in [2.75, 3.05) is 0 Å². The highest BCUT2D eigenvalue weighted by molar-refractivity contribution is 7.10. The van der Waals surface area contributed by atoms with E-state index in [1.54, 1.807) is 0 Å². The Morgan fingerprint density at radius 2 is 2.32 bits per heavy atom. The lowest BCUT2D eigenvalue weighted by Crippen LogP contribution is -2.41. The molecule has 19 heavy (non-hydrogen) atoms. The van der Waals surface area contributed by atoms with Crippen molar-refractivity contribution in [3.63, 3.8) is 0 Å². The number of rotatable bonds is 1. The van der Waals surface area contributed by atoms with Gasteiger partial charge < -0.3 is 10.1 Å². The minimum Gasteiger partial charge on any atom is -0.444 e. The second-order valence-electron chi connectivity index (χ2n) is 5.77. The maximum Gasteiger partial charge on any atom is 0.407 e. The Bertz CT molecular complexity index is 523. The molecule has 5 heteroatoms. The largest absolute Gasteiger partial charge is 0.444 e. The summed E-state index contributed by atoms with van der Waals surface area (Å²) in [5.74, 6) is 0. The van der Waals surface area contributed by atoms with Gasteiger partial charge in [0.1, 0.15) is 16.5 Å². The zero-order valence-electron chi connectivity index (χ0n) is 11.4. The maximum atomic E-state index is 11.7. The monoisotopic (exact) mass is 278 g/mol. The molecule has 0 aliphatic heterocycles. The first kappa shape index (κ1) is 13.9. The molecule has 0 saturated carbocycles. The zero-order chi connectivity index (χ0) is 14.0. The van der Waals surface area contributed by atoms with Crippen LogP contribution in [-0.4, -0.2) is 17.7 Å². The second kappa shape index (κ2) is 5.22. The molecule has 0 aromatic carbocycles. The maximum absolute atomic E-state index is 11.7. The first-order valence-electron chi connectivity index (χ1n) is 6.38. The summed E-state index contributed by atoms with van der Waals surface area (Å²) >= 11 is 1.49. The van der Waals surface area contributed by atoms with Crippen LogP contribution in [0.15, 0.2) is 5.38 Å². The molecule has 102 valence electrons. The first-order valence-corrected chi connectivity index (χ1v) is 7.26. The molecule has 4 nitrogen and oxygen atoms in total. The Kier molecular flexibility index (Phi) is 3.81. The first-order chi connectivity index (χ1) is 8.89. The van der Waals surface area contributed by atoms with Crippen molar-refractivity contribution in [1.82, 2.24) is 5.32 Å². The van der Waals surface area contributed by atoms with E-state index >= 15 is 0 Å². The van der Waals surface area contributed by atoms with Crippen LogP contribution in [-0.2, 0) is 17.6 Å². The molecule has 0 spiro atoms. The van der Waals surface area contributed by atoms with Crippen LogP contribution in [0.3, 0.4) is 0 Å². The summed E-state index contributed by atoms with van der Waals surface area (Å²) < 4.78 is 5.25. The van der Waals surface area contributed by atoms with Crippen molar-refractivity contribution in [2.24, 2.45) is 0 Å². The van der Waals surface area contributed by atoms with E-state index in [2.05, 4.69) is 16.8 Å². The predicted molar refractivity (Wildman–Crippen MR) is 74.2 cm³/mol. The Morgan fingerprint density at radius 1 is 1.58 bits per heavy atom. The lowest BCUT2D eigenvalue weighted by molar-refractivity contribution is 0.0500. The molecule has 1 aliphatic carbocycles. The van der Waals surface area contributed by atoms with E-state index < -0.39 is 5.60 Å². The van der Waals surface area contributed by atoms with Crippen LogP contribution in [0.25, 0.3) is 0 Å². The lowest BCUT2D eigenvalue weighted by atomic mass is 9.90. The van der Waals surface area contributed by atoms with Gasteiger partial charge in [0.2, 0.25) is 0 Å². The third-order valence-corrected chi connectivity index (χ3v) is 3.99. The number of carbonyl (C=O) groups is 1. The standard InChI is InChI=1S/C14H18N2O2S/c1-14(2,3)18-13(17)16-10-5-4-9-8-19-12(7-15)11(9)6-10/h8,10H,4-6H2,1-3H3,(H,16,17). The van der Waals surface area contributed by atoms with Crippen LogP contribution in [0, 0.1) is 11.3 Å². The Hall–Kier alpha value is -1.54. The average Bonchev–Trinajstić information content (AvgIpc) is 2.68. The summed E-state index contributed by atoms with van der Waals surface area (Å²) in [6.45, 7) is 5.54. The fourth-order valence-electron chi connectivity index (χ4n) is 2.22. The molecule has 2 rings (SSSR count). The van der Waals surface area contributed by atoms with E-state index in [0.717, 1.165) is 29.7 Å². The summed E-state index contributed by atoms with van der Waals surface area (Å²) in [5, 5.41) is 14.0. The van der Waals surface area contributed by atoms with Crippen molar-refractivity contribution < 1.29 is 9.53 Å². The van der Waals surface area contributed by atoms with Crippen LogP contribution in [0.1, 0.15) is 43.2 Å². The number of ether oxygens (including phenoxy) is 1. The van der Waals surface area contributed by atoms with E-state index in [9.17, 15) is 4.79 Å². The molecule has 1 aromatic rings. The topological polar surface area (TPSA) is 62.1 Å². The van der Waals surface area contributed by atoms with Gasteiger partial charge in [-0.25, -0.2) is 4.79 Å². The molecule has 1 N–H and O–H groups in total. The van der Waals surface area contributed by atoms with Gasteiger partial charge in [0.25, 0.3) is 0 Å². The van der Waals surface area contributed by atoms with Crippen molar-refractivity contribution in [3.8, 4) is 6.07 Å². The van der Waals surface area contributed by atoms with Crippen molar-refractivity contribution in [3.05, 3.63) is 21.4 Å². The lowest BCUT2D eigenvalue weighted by Gasteiger charge is -2.26. The van der Waals surface area contributed by atoms with Gasteiger partial charge in [-0.15, -0.1) is 11.3 Å². The molecule has 0 bridgehead atoms. The highest BCUT2D eigenvalue weighted by Crippen LogP contribution is 2.29. The molecule has 1 aromatic heterocycles. The number of hydrogen-bond donors (Lipinski definition) is 1. The van der Waals surface area contributed by atoms with Gasteiger partial charge in [0.15, 0.2) is 0 Å². The van der Waals surface area contributed by atoms with E-state index in [4.69, 9.17) is 10.00 Å². The van der Waals surface area contributed by atoms with Crippen LogP contribution < -0.4 is 5.32 Å². The highest BCUT2D eigenvalue weighted by Gasteiger charge is 2.25. The van der Waals surface area contributed by atoms with Gasteiger partial charge in [-0.3, -0.25) is 0 Å². The summed E-state index contributed by atoms with van der Waals surface area (Å²) in [6, 6.07) is 2.28. The van der Waals surface area contributed by atoms with Gasteiger partial charge in [-0.2, -0.15) is 5.26 Å². The third kappa shape index (κ3) is 3.48. The van der Waals surface area contributed by atoms with Crippen molar-refractivity contribution >= 4 is 17.4 Å². The van der Waals surface area contributed by atoms with Crippen molar-refractivity contribution in [2.45, 2.75) is 51.7 Å². The van der Waals surface area contributed by atoms with Gasteiger partial charge >= 0.3 is 6.09 Å². The fourth-order valence-corrected chi connectivity index (χ4v) is 3.15. The molecule has 0 fully saturated rings. The number of fused-ring (bicyclic) bond motifs is 1. The predicted octanol–water partition coefficient (Wildman–Crippen LogP) is 3.00. The van der Waals surface area contributed by atoms with Gasteiger partial charge in [-0.05, 0) is 56.5 Å². The number of nitrogens with zero attached hydrogens (tertiary/aromatic N) is 1. The summed E-state index contributed by atoms with van der Waals surface area (Å²) in [6.07, 6.45) is 2.15. The number of amides is 1. The smallest absolute Gasteiger partial charge is 0.407 e. The molecular weight excluding hydrogens is 260 g/mol. The van der Waals surface area contributed by atoms with E-state index in [0.29, 0.717) is 0 Å². The van der Waals surface area contributed by atoms with Crippen LogP contribution in [0.4, 0.5) is 4.79 Å². The minimum absolute atomic E-state index is 0.0593. The number of alkyl carbamates (subject to hydrolysis) is 1. The van der Waals surface area contributed by atoms with E-state index in [1.165, 1.54) is 16.9 Å². The third-order valence-electron chi connectivity index (χ3n) is 3.02.